The van der Waals surface area contributed by atoms with Gasteiger partial charge in [0.15, 0.2) is 0 Å². The van der Waals surface area contributed by atoms with Gasteiger partial charge in [0.25, 0.3) is 0 Å². The molecule has 0 rings (SSSR count). The lowest BCUT2D eigenvalue weighted by atomic mass is 10.0. The van der Waals surface area contributed by atoms with E-state index in [9.17, 15) is 0 Å². The zero-order valence-electron chi connectivity index (χ0n) is 8.35. The maximum absolute atomic E-state index is 5.39. The van der Waals surface area contributed by atoms with Crippen molar-refractivity contribution in [3.63, 3.8) is 0 Å². The molecule has 0 bridgehead atoms. The van der Waals surface area contributed by atoms with Gasteiger partial charge in [0.05, 0.1) is 6.04 Å². The van der Waals surface area contributed by atoms with Crippen LogP contribution in [0.2, 0.25) is 0 Å². The predicted octanol–water partition coefficient (Wildman–Crippen LogP) is 0.986. The van der Waals surface area contributed by atoms with Crippen LogP contribution in [0.25, 0.3) is 0 Å². The van der Waals surface area contributed by atoms with Crippen molar-refractivity contribution in [2.75, 3.05) is 13.6 Å². The zero-order valence-corrected chi connectivity index (χ0v) is 8.35. The van der Waals surface area contributed by atoms with Crippen LogP contribution in [0, 0.1) is 12.3 Å². The number of hydrogen-bond donors (Lipinski definition) is 2. The molecule has 0 aliphatic carbocycles. The minimum atomic E-state index is 0.157. The standard InChI is InChI=1S/C10H20N2/c1-5-8-10(12-7-3)9(6-2)11-4/h2,9-12H,5,7-8H2,1,3-4H3. The molecule has 70 valence electrons. The first-order valence-corrected chi connectivity index (χ1v) is 4.66. The summed E-state index contributed by atoms with van der Waals surface area (Å²) in [6.07, 6.45) is 7.68. The molecule has 0 aliphatic heterocycles. The number of nitrogens with one attached hydrogen (secondary N) is 2. The summed E-state index contributed by atoms with van der Waals surface area (Å²) in [5.41, 5.74) is 0. The van der Waals surface area contributed by atoms with Gasteiger partial charge in [-0.3, -0.25) is 0 Å². The van der Waals surface area contributed by atoms with Crippen molar-refractivity contribution in [2.45, 2.75) is 38.8 Å². The van der Waals surface area contributed by atoms with Crippen molar-refractivity contribution in [3.8, 4) is 12.3 Å². The topological polar surface area (TPSA) is 24.1 Å². The molecule has 0 heterocycles. The van der Waals surface area contributed by atoms with E-state index in [-0.39, 0.29) is 6.04 Å². The molecule has 0 aromatic rings. The normalized spacial score (nSPS) is 15.2. The molecule has 2 unspecified atom stereocenters. The van der Waals surface area contributed by atoms with Crippen LogP contribution in [0.4, 0.5) is 0 Å². The van der Waals surface area contributed by atoms with Gasteiger partial charge in [-0.15, -0.1) is 6.42 Å². The first kappa shape index (κ1) is 11.5. The second kappa shape index (κ2) is 7.15. The van der Waals surface area contributed by atoms with Gasteiger partial charge in [0.2, 0.25) is 0 Å². The second-order valence-electron chi connectivity index (χ2n) is 2.89. The lowest BCUT2D eigenvalue weighted by Gasteiger charge is -2.22. The molecule has 0 aromatic carbocycles. The fourth-order valence-electron chi connectivity index (χ4n) is 1.36. The van der Waals surface area contributed by atoms with Gasteiger partial charge in [-0.1, -0.05) is 26.2 Å². The van der Waals surface area contributed by atoms with Crippen LogP contribution in [0.15, 0.2) is 0 Å². The Hall–Kier alpha value is -0.520. The number of terminal acetylenes is 1. The van der Waals surface area contributed by atoms with E-state index in [2.05, 4.69) is 30.4 Å². The van der Waals surface area contributed by atoms with Crippen LogP contribution in [0.5, 0.6) is 0 Å². The maximum Gasteiger partial charge on any atom is 0.0839 e. The number of rotatable bonds is 6. The molecule has 0 saturated heterocycles. The summed E-state index contributed by atoms with van der Waals surface area (Å²) in [5.74, 6) is 2.75. The van der Waals surface area contributed by atoms with Gasteiger partial charge in [0, 0.05) is 6.04 Å². The molecule has 0 amide bonds. The van der Waals surface area contributed by atoms with Gasteiger partial charge in [0.1, 0.15) is 0 Å². The summed E-state index contributed by atoms with van der Waals surface area (Å²) in [6, 6.07) is 0.569. The quantitative estimate of drug-likeness (QED) is 0.578. The summed E-state index contributed by atoms with van der Waals surface area (Å²) < 4.78 is 0. The molecule has 2 N–H and O–H groups in total. The van der Waals surface area contributed by atoms with Crippen molar-refractivity contribution in [1.29, 1.82) is 0 Å². The lowest BCUT2D eigenvalue weighted by molar-refractivity contribution is 0.423. The van der Waals surface area contributed by atoms with Crippen molar-refractivity contribution < 1.29 is 0 Å². The highest BCUT2D eigenvalue weighted by atomic mass is 15.0. The van der Waals surface area contributed by atoms with E-state index >= 15 is 0 Å². The minimum Gasteiger partial charge on any atom is -0.312 e. The SMILES string of the molecule is C#CC(NC)C(CCC)NCC. The highest BCUT2D eigenvalue weighted by Crippen LogP contribution is 2.01. The van der Waals surface area contributed by atoms with Crippen molar-refractivity contribution >= 4 is 0 Å². The second-order valence-corrected chi connectivity index (χ2v) is 2.89. The summed E-state index contributed by atoms with van der Waals surface area (Å²) in [4.78, 5) is 0. The minimum absolute atomic E-state index is 0.157. The van der Waals surface area contributed by atoms with E-state index in [0.717, 1.165) is 19.4 Å². The first-order valence-electron chi connectivity index (χ1n) is 4.66. The maximum atomic E-state index is 5.39. The smallest absolute Gasteiger partial charge is 0.0839 e. The van der Waals surface area contributed by atoms with Gasteiger partial charge >= 0.3 is 0 Å². The van der Waals surface area contributed by atoms with E-state index in [1.54, 1.807) is 0 Å². The Morgan fingerprint density at radius 3 is 2.42 bits per heavy atom. The zero-order chi connectivity index (χ0) is 9.40. The fraction of sp³-hybridized carbons (Fsp3) is 0.800. The van der Waals surface area contributed by atoms with Crippen LogP contribution in [0.1, 0.15) is 26.7 Å². The average Bonchev–Trinajstić information content (AvgIpc) is 2.07. The predicted molar refractivity (Wildman–Crippen MR) is 54.1 cm³/mol. The van der Waals surface area contributed by atoms with Crippen LogP contribution in [-0.2, 0) is 0 Å². The third kappa shape index (κ3) is 3.75. The molecule has 2 atom stereocenters. The monoisotopic (exact) mass is 168 g/mol. The van der Waals surface area contributed by atoms with Crippen molar-refractivity contribution in [3.05, 3.63) is 0 Å². The Bertz CT molecular complexity index is 131. The van der Waals surface area contributed by atoms with Gasteiger partial charge in [-0.2, -0.15) is 0 Å². The summed E-state index contributed by atoms with van der Waals surface area (Å²) in [7, 11) is 1.91. The van der Waals surface area contributed by atoms with E-state index in [1.807, 2.05) is 7.05 Å². The summed E-state index contributed by atoms with van der Waals surface area (Å²) in [5, 5.41) is 6.50. The molecular formula is C10H20N2. The molecule has 0 saturated carbocycles. The Morgan fingerprint density at radius 2 is 2.08 bits per heavy atom. The summed E-state index contributed by atoms with van der Waals surface area (Å²) in [6.45, 7) is 5.25. The largest absolute Gasteiger partial charge is 0.312 e. The highest BCUT2D eigenvalue weighted by Gasteiger charge is 2.14. The van der Waals surface area contributed by atoms with E-state index in [1.165, 1.54) is 0 Å². The molecule has 2 nitrogen and oxygen atoms in total. The third-order valence-electron chi connectivity index (χ3n) is 1.96. The van der Waals surface area contributed by atoms with Crippen molar-refractivity contribution in [1.82, 2.24) is 10.6 Å². The molecule has 0 aliphatic rings. The van der Waals surface area contributed by atoms with E-state index in [4.69, 9.17) is 6.42 Å². The Labute approximate surface area is 76.1 Å². The Balaban J connectivity index is 3.97. The molecule has 0 radical (unpaired) electrons. The van der Waals surface area contributed by atoms with E-state index in [0.29, 0.717) is 6.04 Å². The first-order chi connectivity index (χ1) is 5.79. The molecule has 0 aromatic heterocycles. The van der Waals surface area contributed by atoms with Gasteiger partial charge in [-0.25, -0.2) is 0 Å². The molecule has 12 heavy (non-hydrogen) atoms. The fourth-order valence-corrected chi connectivity index (χ4v) is 1.36. The van der Waals surface area contributed by atoms with E-state index < -0.39 is 0 Å². The number of likely N-dealkylation sites (N-methyl/N-ethyl adjacent to an activating group) is 2. The summed E-state index contributed by atoms with van der Waals surface area (Å²) >= 11 is 0. The highest BCUT2D eigenvalue weighted by molar-refractivity contribution is 5.04. The molecular weight excluding hydrogens is 148 g/mol. The molecule has 0 spiro atoms. The molecule has 2 heteroatoms. The average molecular weight is 168 g/mol. The Morgan fingerprint density at radius 1 is 1.42 bits per heavy atom. The lowest BCUT2D eigenvalue weighted by Crippen LogP contribution is -2.45. The van der Waals surface area contributed by atoms with Crippen LogP contribution >= 0.6 is 0 Å². The third-order valence-corrected chi connectivity index (χ3v) is 1.96. The van der Waals surface area contributed by atoms with Gasteiger partial charge < -0.3 is 10.6 Å². The Kier molecular flexibility index (Phi) is 6.84. The molecule has 0 fully saturated rings. The van der Waals surface area contributed by atoms with Crippen LogP contribution in [-0.4, -0.2) is 25.7 Å². The van der Waals surface area contributed by atoms with Crippen LogP contribution < -0.4 is 10.6 Å². The van der Waals surface area contributed by atoms with Crippen molar-refractivity contribution in [2.24, 2.45) is 0 Å². The van der Waals surface area contributed by atoms with Gasteiger partial charge in [-0.05, 0) is 20.0 Å². The van der Waals surface area contributed by atoms with Crippen LogP contribution in [0.3, 0.4) is 0 Å². The number of hydrogen-bond acceptors (Lipinski definition) is 2.